The van der Waals surface area contributed by atoms with Crippen LogP contribution in [0.5, 0.6) is 0 Å². The van der Waals surface area contributed by atoms with Gasteiger partial charge in [0, 0.05) is 24.5 Å². The highest BCUT2D eigenvalue weighted by Crippen LogP contribution is 2.20. The second-order valence-electron chi connectivity index (χ2n) is 4.51. The molecule has 1 N–H and O–H groups in total. The third-order valence-electron chi connectivity index (χ3n) is 3.28. The fourth-order valence-electron chi connectivity index (χ4n) is 2.35. The molecule has 0 aliphatic heterocycles. The molecule has 1 atom stereocenters. The highest BCUT2D eigenvalue weighted by Gasteiger charge is 2.15. The van der Waals surface area contributed by atoms with Crippen LogP contribution in [0.3, 0.4) is 0 Å². The van der Waals surface area contributed by atoms with E-state index in [0.717, 1.165) is 0 Å². The van der Waals surface area contributed by atoms with Gasteiger partial charge in [0.15, 0.2) is 0 Å². The second-order valence-corrected chi connectivity index (χ2v) is 4.51. The zero-order valence-electron chi connectivity index (χ0n) is 9.45. The molecule has 2 nitrogen and oxygen atoms in total. The minimum Gasteiger partial charge on any atom is -0.307 e. The zero-order valence-corrected chi connectivity index (χ0v) is 9.45. The van der Waals surface area contributed by atoms with Crippen LogP contribution in [-0.2, 0) is 0 Å². The molecule has 0 saturated heterocycles. The maximum absolute atomic E-state index is 4.16. The molecule has 0 amide bonds. The van der Waals surface area contributed by atoms with Gasteiger partial charge in [-0.05, 0) is 31.4 Å². The van der Waals surface area contributed by atoms with Crippen molar-refractivity contribution in [1.29, 1.82) is 0 Å². The summed E-state index contributed by atoms with van der Waals surface area (Å²) in [6, 6.07) is 5.30. The molecular formula is C13H20N2. The standard InChI is InChI=1S/C13H20N2/c1-11(12-6-5-9-14-10-12)15-13-7-3-2-4-8-13/h5-6,9-11,13,15H,2-4,7-8H2,1H3. The summed E-state index contributed by atoms with van der Waals surface area (Å²) in [5.74, 6) is 0. The SMILES string of the molecule is CC(NC1CCCCC1)c1cccnc1. The summed E-state index contributed by atoms with van der Waals surface area (Å²) in [6.07, 6.45) is 10.7. The highest BCUT2D eigenvalue weighted by atomic mass is 14.9. The van der Waals surface area contributed by atoms with Crippen molar-refractivity contribution < 1.29 is 0 Å². The third-order valence-corrected chi connectivity index (χ3v) is 3.28. The highest BCUT2D eigenvalue weighted by molar-refractivity contribution is 5.12. The van der Waals surface area contributed by atoms with Crippen LogP contribution in [-0.4, -0.2) is 11.0 Å². The first-order chi connectivity index (χ1) is 7.36. The third kappa shape index (κ3) is 3.03. The molecule has 0 bridgehead atoms. The van der Waals surface area contributed by atoms with Crippen molar-refractivity contribution in [3.05, 3.63) is 30.1 Å². The number of hydrogen-bond donors (Lipinski definition) is 1. The lowest BCUT2D eigenvalue weighted by molar-refractivity contribution is 0.346. The summed E-state index contributed by atoms with van der Waals surface area (Å²) >= 11 is 0. The number of aromatic nitrogens is 1. The molecule has 1 aromatic heterocycles. The van der Waals surface area contributed by atoms with Gasteiger partial charge in [-0.25, -0.2) is 0 Å². The van der Waals surface area contributed by atoms with Crippen molar-refractivity contribution in [3.8, 4) is 0 Å². The number of hydrogen-bond acceptors (Lipinski definition) is 2. The first-order valence-electron chi connectivity index (χ1n) is 6.02. The van der Waals surface area contributed by atoms with Gasteiger partial charge in [-0.2, -0.15) is 0 Å². The van der Waals surface area contributed by atoms with Gasteiger partial charge in [0.2, 0.25) is 0 Å². The van der Waals surface area contributed by atoms with Crippen LogP contribution in [0.1, 0.15) is 50.6 Å². The number of pyridine rings is 1. The normalized spacial score (nSPS) is 20.1. The molecule has 1 saturated carbocycles. The summed E-state index contributed by atoms with van der Waals surface area (Å²) in [4.78, 5) is 4.16. The lowest BCUT2D eigenvalue weighted by Crippen LogP contribution is -2.33. The van der Waals surface area contributed by atoms with Crippen molar-refractivity contribution in [3.63, 3.8) is 0 Å². The number of nitrogens with one attached hydrogen (secondary N) is 1. The molecule has 1 aromatic rings. The molecular weight excluding hydrogens is 184 g/mol. The number of rotatable bonds is 3. The Hall–Kier alpha value is -0.890. The molecule has 2 rings (SSSR count). The quantitative estimate of drug-likeness (QED) is 0.818. The first kappa shape index (κ1) is 10.6. The molecule has 0 radical (unpaired) electrons. The van der Waals surface area contributed by atoms with E-state index in [2.05, 4.69) is 23.3 Å². The smallest absolute Gasteiger partial charge is 0.0315 e. The van der Waals surface area contributed by atoms with E-state index in [4.69, 9.17) is 0 Å². The van der Waals surface area contributed by atoms with Gasteiger partial charge < -0.3 is 5.32 Å². The summed E-state index contributed by atoms with van der Waals surface area (Å²) < 4.78 is 0. The Morgan fingerprint density at radius 3 is 2.80 bits per heavy atom. The Labute approximate surface area is 92.1 Å². The molecule has 15 heavy (non-hydrogen) atoms. The zero-order chi connectivity index (χ0) is 10.5. The molecule has 82 valence electrons. The van der Waals surface area contributed by atoms with Crippen LogP contribution in [0.15, 0.2) is 24.5 Å². The summed E-state index contributed by atoms with van der Waals surface area (Å²) in [5, 5.41) is 3.70. The van der Waals surface area contributed by atoms with E-state index in [1.165, 1.54) is 37.7 Å². The molecule has 0 spiro atoms. The van der Waals surface area contributed by atoms with Crippen LogP contribution < -0.4 is 5.32 Å². The van der Waals surface area contributed by atoms with Crippen LogP contribution in [0, 0.1) is 0 Å². The molecule has 1 aliphatic carbocycles. The van der Waals surface area contributed by atoms with Gasteiger partial charge >= 0.3 is 0 Å². The van der Waals surface area contributed by atoms with Crippen molar-refractivity contribution in [1.82, 2.24) is 10.3 Å². The Bertz CT molecular complexity index is 278. The van der Waals surface area contributed by atoms with Crippen LogP contribution >= 0.6 is 0 Å². The predicted molar refractivity (Wildman–Crippen MR) is 62.7 cm³/mol. The minimum absolute atomic E-state index is 0.432. The molecule has 0 aromatic carbocycles. The average Bonchev–Trinajstić information content (AvgIpc) is 2.31. The van der Waals surface area contributed by atoms with Gasteiger partial charge in [0.1, 0.15) is 0 Å². The van der Waals surface area contributed by atoms with E-state index in [0.29, 0.717) is 12.1 Å². The summed E-state index contributed by atoms with van der Waals surface area (Å²) in [6.45, 7) is 2.23. The fourth-order valence-corrected chi connectivity index (χ4v) is 2.35. The van der Waals surface area contributed by atoms with Crippen molar-refractivity contribution in [2.24, 2.45) is 0 Å². The van der Waals surface area contributed by atoms with E-state index >= 15 is 0 Å². The maximum Gasteiger partial charge on any atom is 0.0315 e. The van der Waals surface area contributed by atoms with Crippen LogP contribution in [0.25, 0.3) is 0 Å². The van der Waals surface area contributed by atoms with Gasteiger partial charge in [-0.1, -0.05) is 25.3 Å². The molecule has 1 heterocycles. The van der Waals surface area contributed by atoms with Crippen LogP contribution in [0.4, 0.5) is 0 Å². The topological polar surface area (TPSA) is 24.9 Å². The first-order valence-corrected chi connectivity index (χ1v) is 6.02. The number of nitrogens with zero attached hydrogens (tertiary/aromatic N) is 1. The Kier molecular flexibility index (Phi) is 3.73. The van der Waals surface area contributed by atoms with E-state index in [1.54, 1.807) is 0 Å². The van der Waals surface area contributed by atoms with Crippen LogP contribution in [0.2, 0.25) is 0 Å². The predicted octanol–water partition coefficient (Wildman–Crippen LogP) is 3.06. The van der Waals surface area contributed by atoms with E-state index in [9.17, 15) is 0 Å². The molecule has 1 fully saturated rings. The summed E-state index contributed by atoms with van der Waals surface area (Å²) in [7, 11) is 0. The Balaban J connectivity index is 1.88. The fraction of sp³-hybridized carbons (Fsp3) is 0.615. The van der Waals surface area contributed by atoms with Crippen molar-refractivity contribution >= 4 is 0 Å². The van der Waals surface area contributed by atoms with Gasteiger partial charge in [0.05, 0.1) is 0 Å². The van der Waals surface area contributed by atoms with E-state index in [-0.39, 0.29) is 0 Å². The van der Waals surface area contributed by atoms with Crippen molar-refractivity contribution in [2.75, 3.05) is 0 Å². The largest absolute Gasteiger partial charge is 0.307 e. The van der Waals surface area contributed by atoms with Crippen molar-refractivity contribution in [2.45, 2.75) is 51.1 Å². The summed E-state index contributed by atoms with van der Waals surface area (Å²) in [5.41, 5.74) is 1.29. The average molecular weight is 204 g/mol. The molecule has 1 unspecified atom stereocenters. The molecule has 1 aliphatic rings. The van der Waals surface area contributed by atoms with E-state index in [1.807, 2.05) is 18.5 Å². The second kappa shape index (κ2) is 5.26. The Morgan fingerprint density at radius 1 is 1.33 bits per heavy atom. The van der Waals surface area contributed by atoms with E-state index < -0.39 is 0 Å². The lowest BCUT2D eigenvalue weighted by Gasteiger charge is -2.26. The van der Waals surface area contributed by atoms with Gasteiger partial charge in [-0.15, -0.1) is 0 Å². The van der Waals surface area contributed by atoms with Gasteiger partial charge in [0.25, 0.3) is 0 Å². The maximum atomic E-state index is 4.16. The molecule has 2 heteroatoms. The monoisotopic (exact) mass is 204 g/mol. The Morgan fingerprint density at radius 2 is 2.13 bits per heavy atom. The van der Waals surface area contributed by atoms with Gasteiger partial charge in [-0.3, -0.25) is 4.98 Å². The minimum atomic E-state index is 0.432. The lowest BCUT2D eigenvalue weighted by atomic mass is 9.94.